The lowest BCUT2D eigenvalue weighted by Crippen LogP contribution is -2.32. The van der Waals surface area contributed by atoms with Crippen LogP contribution in [-0.2, 0) is 4.74 Å². The molecule has 1 heterocycles. The van der Waals surface area contributed by atoms with Gasteiger partial charge in [-0.15, -0.1) is 0 Å². The van der Waals surface area contributed by atoms with Gasteiger partial charge in [-0.25, -0.2) is 0 Å². The van der Waals surface area contributed by atoms with E-state index in [1.807, 2.05) is 0 Å². The lowest BCUT2D eigenvalue weighted by Gasteiger charge is -2.38. The molecule has 2 aliphatic rings. The van der Waals surface area contributed by atoms with Crippen molar-refractivity contribution in [3.05, 3.63) is 0 Å². The van der Waals surface area contributed by atoms with Crippen LogP contribution in [0, 0.1) is 5.41 Å². The minimum Gasteiger partial charge on any atom is -0.484 e. The van der Waals surface area contributed by atoms with Crippen molar-refractivity contribution in [1.29, 1.82) is 0 Å². The van der Waals surface area contributed by atoms with Crippen molar-refractivity contribution in [2.75, 3.05) is 13.7 Å². The van der Waals surface area contributed by atoms with Crippen LogP contribution in [0.2, 0.25) is 0 Å². The molecule has 0 aromatic heterocycles. The van der Waals surface area contributed by atoms with Gasteiger partial charge in [-0.2, -0.15) is 0 Å². The molecule has 1 spiro atoms. The third-order valence-corrected chi connectivity index (χ3v) is 3.61. The van der Waals surface area contributed by atoms with Gasteiger partial charge in [0.05, 0.1) is 7.11 Å². The van der Waals surface area contributed by atoms with Crippen LogP contribution in [0.15, 0.2) is 4.99 Å². The fourth-order valence-electron chi connectivity index (χ4n) is 2.66. The summed E-state index contributed by atoms with van der Waals surface area (Å²) in [5.41, 5.74) is 0.570. The zero-order valence-corrected chi connectivity index (χ0v) is 8.51. The molecule has 13 heavy (non-hydrogen) atoms. The quantitative estimate of drug-likeness (QED) is 0.563. The van der Waals surface area contributed by atoms with Crippen LogP contribution in [0.4, 0.5) is 0 Å². The van der Waals surface area contributed by atoms with Gasteiger partial charge in [-0.05, 0) is 24.7 Å². The molecular weight excluding hydrogens is 162 g/mol. The topological polar surface area (TPSA) is 21.6 Å². The van der Waals surface area contributed by atoms with E-state index >= 15 is 0 Å². The Hall–Kier alpha value is -0.530. The van der Waals surface area contributed by atoms with Crippen molar-refractivity contribution in [2.45, 2.75) is 44.9 Å². The van der Waals surface area contributed by atoms with Crippen LogP contribution in [-0.4, -0.2) is 19.6 Å². The molecule has 0 amide bonds. The predicted molar refractivity (Wildman–Crippen MR) is 54.1 cm³/mol. The average molecular weight is 181 g/mol. The second kappa shape index (κ2) is 3.69. The molecule has 0 atom stereocenters. The number of hydrogen-bond acceptors (Lipinski definition) is 2. The summed E-state index contributed by atoms with van der Waals surface area (Å²) in [7, 11) is 1.73. The Morgan fingerprint density at radius 1 is 1.15 bits per heavy atom. The Kier molecular flexibility index (Phi) is 2.56. The van der Waals surface area contributed by atoms with E-state index in [1.165, 1.54) is 38.5 Å². The van der Waals surface area contributed by atoms with Gasteiger partial charge >= 0.3 is 0 Å². The summed E-state index contributed by atoms with van der Waals surface area (Å²) < 4.78 is 5.18. The van der Waals surface area contributed by atoms with Crippen molar-refractivity contribution in [3.8, 4) is 0 Å². The Morgan fingerprint density at radius 2 is 1.92 bits per heavy atom. The van der Waals surface area contributed by atoms with E-state index in [0.29, 0.717) is 5.41 Å². The van der Waals surface area contributed by atoms with Gasteiger partial charge in [0.15, 0.2) is 5.90 Å². The maximum Gasteiger partial charge on any atom is 0.182 e. The molecule has 2 rings (SSSR count). The summed E-state index contributed by atoms with van der Waals surface area (Å²) in [6.07, 6.45) is 9.43. The van der Waals surface area contributed by atoms with Crippen LogP contribution in [0.5, 0.6) is 0 Å². The van der Waals surface area contributed by atoms with E-state index in [-0.39, 0.29) is 0 Å². The first-order valence-electron chi connectivity index (χ1n) is 5.42. The summed E-state index contributed by atoms with van der Waals surface area (Å²) in [6, 6.07) is 0. The minimum atomic E-state index is 0.570. The molecule has 0 unspecified atom stereocenters. The van der Waals surface area contributed by atoms with Crippen molar-refractivity contribution in [3.63, 3.8) is 0 Å². The zero-order chi connectivity index (χ0) is 9.15. The molecule has 2 nitrogen and oxygen atoms in total. The highest BCUT2D eigenvalue weighted by Crippen LogP contribution is 2.42. The highest BCUT2D eigenvalue weighted by Gasteiger charge is 2.34. The highest BCUT2D eigenvalue weighted by atomic mass is 16.5. The Labute approximate surface area is 80.4 Å². The van der Waals surface area contributed by atoms with Crippen molar-refractivity contribution in [1.82, 2.24) is 0 Å². The van der Waals surface area contributed by atoms with E-state index in [1.54, 1.807) is 7.11 Å². The maximum absolute atomic E-state index is 5.18. The van der Waals surface area contributed by atoms with E-state index in [9.17, 15) is 0 Å². The average Bonchev–Trinajstić information content (AvgIpc) is 2.20. The van der Waals surface area contributed by atoms with Gasteiger partial charge in [-0.1, -0.05) is 19.3 Å². The largest absolute Gasteiger partial charge is 0.484 e. The smallest absolute Gasteiger partial charge is 0.182 e. The number of hydrogen-bond donors (Lipinski definition) is 0. The molecule has 0 N–H and O–H groups in total. The molecule has 1 aliphatic heterocycles. The summed E-state index contributed by atoms with van der Waals surface area (Å²) in [5, 5.41) is 0. The Bertz CT molecular complexity index is 204. The van der Waals surface area contributed by atoms with E-state index < -0.39 is 0 Å². The first kappa shape index (κ1) is 9.04. The molecule has 74 valence electrons. The number of rotatable bonds is 0. The molecule has 1 saturated carbocycles. The molecule has 1 aliphatic carbocycles. The zero-order valence-electron chi connectivity index (χ0n) is 8.51. The van der Waals surface area contributed by atoms with Crippen LogP contribution in [0.1, 0.15) is 44.9 Å². The summed E-state index contributed by atoms with van der Waals surface area (Å²) in [5.74, 6) is 0.969. The maximum atomic E-state index is 5.18. The fraction of sp³-hybridized carbons (Fsp3) is 0.909. The number of nitrogens with zero attached hydrogens (tertiary/aromatic N) is 1. The third-order valence-electron chi connectivity index (χ3n) is 3.61. The monoisotopic (exact) mass is 181 g/mol. The molecule has 1 fully saturated rings. The molecule has 0 bridgehead atoms. The van der Waals surface area contributed by atoms with Crippen LogP contribution >= 0.6 is 0 Å². The van der Waals surface area contributed by atoms with E-state index in [2.05, 4.69) is 4.99 Å². The summed E-state index contributed by atoms with van der Waals surface area (Å²) in [4.78, 5) is 4.52. The third kappa shape index (κ3) is 1.87. The van der Waals surface area contributed by atoms with Gasteiger partial charge in [-0.3, -0.25) is 4.99 Å². The number of ether oxygens (including phenoxy) is 1. The Balaban J connectivity index is 1.98. The molecule has 0 radical (unpaired) electrons. The van der Waals surface area contributed by atoms with Crippen molar-refractivity contribution < 1.29 is 4.74 Å². The summed E-state index contributed by atoms with van der Waals surface area (Å²) >= 11 is 0. The first-order chi connectivity index (χ1) is 6.35. The van der Waals surface area contributed by atoms with Crippen LogP contribution in [0.25, 0.3) is 0 Å². The predicted octanol–water partition coefficient (Wildman–Crippen LogP) is 2.78. The second-order valence-corrected chi connectivity index (χ2v) is 4.47. The van der Waals surface area contributed by atoms with Crippen LogP contribution < -0.4 is 0 Å². The molecule has 0 aromatic rings. The molecular formula is C11H19NO. The normalized spacial score (nSPS) is 27.0. The number of methoxy groups -OCH3 is 1. The van der Waals surface area contributed by atoms with E-state index in [4.69, 9.17) is 4.74 Å². The molecule has 0 aromatic carbocycles. The van der Waals surface area contributed by atoms with Gasteiger partial charge in [0.2, 0.25) is 0 Å². The van der Waals surface area contributed by atoms with Gasteiger partial charge < -0.3 is 4.74 Å². The van der Waals surface area contributed by atoms with Gasteiger partial charge in [0.1, 0.15) is 0 Å². The standard InChI is InChI=1S/C11H19NO/c1-13-10-5-8-11(9-12-10)6-3-2-4-7-11/h2-9H2,1H3. The number of aliphatic imine (C=N–C) groups is 1. The molecule has 0 saturated heterocycles. The van der Waals surface area contributed by atoms with Gasteiger partial charge in [0, 0.05) is 13.0 Å². The summed E-state index contributed by atoms with van der Waals surface area (Å²) in [6.45, 7) is 1.02. The second-order valence-electron chi connectivity index (χ2n) is 4.47. The molecule has 2 heteroatoms. The van der Waals surface area contributed by atoms with Gasteiger partial charge in [0.25, 0.3) is 0 Å². The van der Waals surface area contributed by atoms with Crippen molar-refractivity contribution >= 4 is 5.90 Å². The fourth-order valence-corrected chi connectivity index (χ4v) is 2.66. The lowest BCUT2D eigenvalue weighted by molar-refractivity contribution is 0.171. The van der Waals surface area contributed by atoms with Crippen molar-refractivity contribution in [2.24, 2.45) is 10.4 Å². The first-order valence-corrected chi connectivity index (χ1v) is 5.42. The SMILES string of the molecule is COC1=NCC2(CCCCC2)CC1. The minimum absolute atomic E-state index is 0.570. The van der Waals surface area contributed by atoms with Crippen LogP contribution in [0.3, 0.4) is 0 Å². The highest BCUT2D eigenvalue weighted by molar-refractivity contribution is 5.76. The van der Waals surface area contributed by atoms with E-state index in [0.717, 1.165) is 18.9 Å². The Morgan fingerprint density at radius 3 is 2.46 bits per heavy atom. The lowest BCUT2D eigenvalue weighted by atomic mass is 9.70.